The zero-order valence-electron chi connectivity index (χ0n) is 18.2. The monoisotopic (exact) mass is 472 g/mol. The van der Waals surface area contributed by atoms with Crippen LogP contribution in [0, 0.1) is 11.7 Å². The molecule has 1 aromatic carbocycles. The molecule has 33 heavy (non-hydrogen) atoms. The van der Waals surface area contributed by atoms with Crippen molar-refractivity contribution in [2.75, 3.05) is 19.5 Å². The number of ether oxygens (including phenoxy) is 2. The fraction of sp³-hybridized carbons (Fsp3) is 0.364. The van der Waals surface area contributed by atoms with Gasteiger partial charge >= 0.3 is 0 Å². The number of amides is 1. The van der Waals surface area contributed by atoms with Gasteiger partial charge in [-0.2, -0.15) is 5.10 Å². The highest BCUT2D eigenvalue weighted by atomic mass is 35.5. The van der Waals surface area contributed by atoms with Gasteiger partial charge in [0.2, 0.25) is 5.91 Å². The van der Waals surface area contributed by atoms with Gasteiger partial charge in [-0.3, -0.25) is 14.9 Å². The largest absolute Gasteiger partial charge is 0.379 e. The van der Waals surface area contributed by atoms with Crippen LogP contribution in [-0.4, -0.2) is 50.8 Å². The van der Waals surface area contributed by atoms with Crippen LogP contribution in [0.15, 0.2) is 24.8 Å². The average molecular weight is 473 g/mol. The molecule has 1 aliphatic rings. The van der Waals surface area contributed by atoms with E-state index in [9.17, 15) is 4.79 Å². The Labute approximate surface area is 193 Å². The van der Waals surface area contributed by atoms with Crippen molar-refractivity contribution in [1.29, 1.82) is 0 Å². The second kappa shape index (κ2) is 8.36. The van der Waals surface area contributed by atoms with Crippen molar-refractivity contribution in [3.8, 4) is 11.3 Å². The van der Waals surface area contributed by atoms with Gasteiger partial charge in [0, 0.05) is 42.8 Å². The molecule has 2 N–H and O–H groups in total. The lowest BCUT2D eigenvalue weighted by Crippen LogP contribution is -2.21. The third-order valence-electron chi connectivity index (χ3n) is 5.96. The van der Waals surface area contributed by atoms with Crippen LogP contribution in [-0.2, 0) is 14.3 Å². The summed E-state index contributed by atoms with van der Waals surface area (Å²) in [6, 6.07) is 0. The summed E-state index contributed by atoms with van der Waals surface area (Å²) in [5.41, 5.74) is 2.04. The maximum Gasteiger partial charge on any atom is 0.228 e. The number of nitrogens with zero attached hydrogens (tertiary/aromatic N) is 4. The van der Waals surface area contributed by atoms with Crippen molar-refractivity contribution in [3.05, 3.63) is 41.2 Å². The Balaban J connectivity index is 1.61. The van der Waals surface area contributed by atoms with Crippen LogP contribution in [0.4, 0.5) is 10.2 Å². The van der Waals surface area contributed by atoms with E-state index in [2.05, 4.69) is 25.5 Å². The standard InChI is InChI=1S/C22H22ClFN6O3/c1-10(32-2)21(33-3)17-19(24)18(23)16(12-6-26-29-20(12)17)13-8-30-9-14(27-15(30)7-25-13)28-22(31)11-4-5-11/h6-11,21H,4-5H2,1-3H3,(H,26,29)(H,28,31)/t10-,21-/m1/s1. The molecule has 1 aliphatic carbocycles. The molecule has 3 aromatic heterocycles. The lowest BCUT2D eigenvalue weighted by molar-refractivity contribution is -0.117. The number of imidazole rings is 1. The number of carbonyl (C=O) groups is 1. The molecule has 3 heterocycles. The predicted octanol–water partition coefficient (Wildman–Crippen LogP) is 4.14. The van der Waals surface area contributed by atoms with E-state index in [1.807, 2.05) is 0 Å². The maximum absolute atomic E-state index is 15.6. The number of methoxy groups -OCH3 is 2. The van der Waals surface area contributed by atoms with Crippen LogP contribution in [0.25, 0.3) is 27.8 Å². The van der Waals surface area contributed by atoms with E-state index < -0.39 is 18.0 Å². The molecule has 172 valence electrons. The molecule has 9 nitrogen and oxygen atoms in total. The van der Waals surface area contributed by atoms with Crippen LogP contribution in [0.3, 0.4) is 0 Å². The summed E-state index contributed by atoms with van der Waals surface area (Å²) in [7, 11) is 3.01. The SMILES string of the molecule is CO[C@H](C)[C@@H](OC)c1c(F)c(Cl)c(-c2cn3cc(NC(=O)C4CC4)nc3cn2)c2cn[nH]c12. The van der Waals surface area contributed by atoms with Crippen molar-refractivity contribution >= 4 is 39.9 Å². The van der Waals surface area contributed by atoms with Gasteiger partial charge in [-0.25, -0.2) is 9.37 Å². The number of aromatic nitrogens is 5. The molecular formula is C22H22ClFN6O3. The van der Waals surface area contributed by atoms with E-state index >= 15 is 4.39 Å². The number of fused-ring (bicyclic) bond motifs is 2. The van der Waals surface area contributed by atoms with E-state index in [1.54, 1.807) is 36.1 Å². The second-order valence-electron chi connectivity index (χ2n) is 8.10. The van der Waals surface area contributed by atoms with E-state index in [0.29, 0.717) is 33.6 Å². The van der Waals surface area contributed by atoms with Crippen LogP contribution in [0.5, 0.6) is 0 Å². The minimum absolute atomic E-state index is 0.0367. The molecule has 11 heteroatoms. The summed E-state index contributed by atoms with van der Waals surface area (Å²) in [4.78, 5) is 20.9. The summed E-state index contributed by atoms with van der Waals surface area (Å²) in [5.74, 6) is -0.173. The first-order chi connectivity index (χ1) is 15.9. The smallest absolute Gasteiger partial charge is 0.228 e. The Bertz CT molecular complexity index is 1370. The zero-order valence-corrected chi connectivity index (χ0v) is 19.0. The van der Waals surface area contributed by atoms with E-state index in [-0.39, 0.29) is 22.4 Å². The number of rotatable bonds is 7. The normalized spacial score (nSPS) is 15.8. The first-order valence-corrected chi connectivity index (χ1v) is 10.9. The molecule has 1 fully saturated rings. The number of benzene rings is 1. The highest BCUT2D eigenvalue weighted by Gasteiger charge is 2.31. The highest BCUT2D eigenvalue weighted by Crippen LogP contribution is 2.42. The van der Waals surface area contributed by atoms with Gasteiger partial charge in [-0.05, 0) is 19.8 Å². The lowest BCUT2D eigenvalue weighted by Gasteiger charge is -2.24. The topological polar surface area (TPSA) is 106 Å². The van der Waals surface area contributed by atoms with Crippen molar-refractivity contribution in [2.45, 2.75) is 32.0 Å². The summed E-state index contributed by atoms with van der Waals surface area (Å²) in [5, 5.41) is 10.3. The van der Waals surface area contributed by atoms with Gasteiger partial charge in [0.1, 0.15) is 6.10 Å². The Hall–Kier alpha value is -3.08. The molecular weight excluding hydrogens is 451 g/mol. The van der Waals surface area contributed by atoms with E-state index in [4.69, 9.17) is 21.1 Å². The molecule has 0 unspecified atom stereocenters. The molecule has 0 spiro atoms. The third kappa shape index (κ3) is 3.73. The number of carbonyl (C=O) groups excluding carboxylic acids is 1. The van der Waals surface area contributed by atoms with E-state index in [0.717, 1.165) is 12.8 Å². The fourth-order valence-corrected chi connectivity index (χ4v) is 4.29. The van der Waals surface area contributed by atoms with Crippen LogP contribution in [0.1, 0.15) is 31.4 Å². The number of H-pyrrole nitrogens is 1. The van der Waals surface area contributed by atoms with Crippen molar-refractivity contribution in [3.63, 3.8) is 0 Å². The van der Waals surface area contributed by atoms with Crippen LogP contribution < -0.4 is 5.32 Å². The molecule has 1 saturated carbocycles. The number of anilines is 1. The fourth-order valence-electron chi connectivity index (χ4n) is 3.98. The van der Waals surface area contributed by atoms with Crippen molar-refractivity contribution < 1.29 is 18.7 Å². The van der Waals surface area contributed by atoms with Gasteiger partial charge in [0.25, 0.3) is 0 Å². The predicted molar refractivity (Wildman–Crippen MR) is 121 cm³/mol. The van der Waals surface area contributed by atoms with Gasteiger partial charge in [-0.1, -0.05) is 11.6 Å². The lowest BCUT2D eigenvalue weighted by atomic mass is 9.97. The molecule has 5 rings (SSSR count). The van der Waals surface area contributed by atoms with Crippen molar-refractivity contribution in [1.82, 2.24) is 24.6 Å². The molecule has 0 saturated heterocycles. The zero-order chi connectivity index (χ0) is 23.3. The number of hydrogen-bond donors (Lipinski definition) is 2. The van der Waals surface area contributed by atoms with Gasteiger partial charge in [0.15, 0.2) is 17.3 Å². The minimum Gasteiger partial charge on any atom is -0.379 e. The number of nitrogens with one attached hydrogen (secondary N) is 2. The molecule has 0 bridgehead atoms. The molecule has 4 aromatic rings. The number of aromatic amines is 1. The Morgan fingerprint density at radius 2 is 2.09 bits per heavy atom. The molecule has 1 amide bonds. The third-order valence-corrected chi connectivity index (χ3v) is 6.32. The summed E-state index contributed by atoms with van der Waals surface area (Å²) in [6.45, 7) is 1.78. The first-order valence-electron chi connectivity index (χ1n) is 10.5. The Kier molecular flexibility index (Phi) is 5.51. The summed E-state index contributed by atoms with van der Waals surface area (Å²) >= 11 is 6.55. The van der Waals surface area contributed by atoms with Gasteiger partial charge < -0.3 is 19.2 Å². The van der Waals surface area contributed by atoms with Gasteiger partial charge in [-0.15, -0.1) is 0 Å². The van der Waals surface area contributed by atoms with Crippen molar-refractivity contribution in [2.24, 2.45) is 5.92 Å². The summed E-state index contributed by atoms with van der Waals surface area (Å²) in [6.07, 6.45) is 7.16. The molecule has 0 radical (unpaired) electrons. The summed E-state index contributed by atoms with van der Waals surface area (Å²) < 4.78 is 28.2. The Morgan fingerprint density at radius 3 is 2.79 bits per heavy atom. The molecule has 0 aliphatic heterocycles. The van der Waals surface area contributed by atoms with Crippen LogP contribution in [0.2, 0.25) is 5.02 Å². The first kappa shape index (κ1) is 21.7. The number of halogens is 2. The molecule has 2 atom stereocenters. The van der Waals surface area contributed by atoms with Crippen LogP contribution >= 0.6 is 11.6 Å². The Morgan fingerprint density at radius 1 is 1.30 bits per heavy atom. The quantitative estimate of drug-likeness (QED) is 0.418. The second-order valence-corrected chi connectivity index (χ2v) is 8.48. The van der Waals surface area contributed by atoms with Gasteiger partial charge in [0.05, 0.1) is 40.9 Å². The highest BCUT2D eigenvalue weighted by molar-refractivity contribution is 6.35. The number of hydrogen-bond acceptors (Lipinski definition) is 6. The maximum atomic E-state index is 15.6. The minimum atomic E-state index is -0.703. The van der Waals surface area contributed by atoms with E-state index in [1.165, 1.54) is 14.2 Å². The average Bonchev–Trinajstić information content (AvgIpc) is 3.43.